The van der Waals surface area contributed by atoms with Crippen molar-refractivity contribution in [2.45, 2.75) is 52.9 Å². The van der Waals surface area contributed by atoms with E-state index in [4.69, 9.17) is 5.73 Å². The summed E-state index contributed by atoms with van der Waals surface area (Å²) in [7, 11) is 0. The first-order chi connectivity index (χ1) is 10.1. The summed E-state index contributed by atoms with van der Waals surface area (Å²) in [5.74, 6) is 2.07. The van der Waals surface area contributed by atoms with Crippen LogP contribution in [0.25, 0.3) is 0 Å². The molecular weight excluding hydrogens is 262 g/mol. The maximum Gasteiger partial charge on any atom is 0.220 e. The molecule has 1 heterocycles. The highest BCUT2D eigenvalue weighted by Crippen LogP contribution is 2.20. The van der Waals surface area contributed by atoms with Crippen molar-refractivity contribution >= 4 is 5.91 Å². The number of rotatable bonds is 9. The molecule has 3 N–H and O–H groups in total. The fourth-order valence-corrected chi connectivity index (χ4v) is 3.19. The maximum absolute atomic E-state index is 12.0. The van der Waals surface area contributed by atoms with Crippen LogP contribution in [0.2, 0.25) is 0 Å². The summed E-state index contributed by atoms with van der Waals surface area (Å²) < 4.78 is 0. The number of nitrogens with one attached hydrogen (secondary N) is 1. The molecule has 21 heavy (non-hydrogen) atoms. The number of amides is 1. The van der Waals surface area contributed by atoms with E-state index in [1.54, 1.807) is 0 Å². The van der Waals surface area contributed by atoms with Crippen molar-refractivity contribution in [1.29, 1.82) is 0 Å². The monoisotopic (exact) mass is 297 g/mol. The molecule has 0 radical (unpaired) electrons. The molecule has 1 fully saturated rings. The fraction of sp³-hybridized carbons (Fsp3) is 0.941. The predicted octanol–water partition coefficient (Wildman–Crippen LogP) is 2.24. The second kappa shape index (κ2) is 10.2. The van der Waals surface area contributed by atoms with Crippen LogP contribution in [0.3, 0.4) is 0 Å². The standard InChI is InChI=1S/C17H35N3O/c1-4-20-11-8-15(9-12-20)13-19-17(21)6-5-16(7-10-18)14(2)3/h14-16H,4-13,18H2,1-3H3,(H,19,21). The van der Waals surface area contributed by atoms with Crippen molar-refractivity contribution in [2.24, 2.45) is 23.5 Å². The van der Waals surface area contributed by atoms with E-state index in [1.165, 1.54) is 25.9 Å². The van der Waals surface area contributed by atoms with Gasteiger partial charge in [-0.3, -0.25) is 4.79 Å². The summed E-state index contributed by atoms with van der Waals surface area (Å²) in [6, 6.07) is 0. The second-order valence-electron chi connectivity index (χ2n) is 6.80. The van der Waals surface area contributed by atoms with Crippen LogP contribution in [-0.4, -0.2) is 43.5 Å². The van der Waals surface area contributed by atoms with Gasteiger partial charge in [-0.15, -0.1) is 0 Å². The normalized spacial score (nSPS) is 18.9. The molecule has 0 aromatic carbocycles. The third-order valence-corrected chi connectivity index (χ3v) is 4.96. The van der Waals surface area contributed by atoms with Gasteiger partial charge in [0.1, 0.15) is 0 Å². The lowest BCUT2D eigenvalue weighted by Gasteiger charge is -2.31. The van der Waals surface area contributed by atoms with Gasteiger partial charge in [0.15, 0.2) is 0 Å². The number of carbonyl (C=O) groups excluding carboxylic acids is 1. The van der Waals surface area contributed by atoms with E-state index in [0.29, 0.717) is 24.2 Å². The smallest absolute Gasteiger partial charge is 0.220 e. The molecule has 1 atom stereocenters. The minimum Gasteiger partial charge on any atom is -0.356 e. The maximum atomic E-state index is 12.0. The molecule has 1 aliphatic rings. The fourth-order valence-electron chi connectivity index (χ4n) is 3.19. The van der Waals surface area contributed by atoms with Crippen LogP contribution in [0.1, 0.15) is 52.9 Å². The molecule has 1 unspecified atom stereocenters. The van der Waals surface area contributed by atoms with Gasteiger partial charge < -0.3 is 16.0 Å². The summed E-state index contributed by atoms with van der Waals surface area (Å²) in [6.45, 7) is 11.8. The van der Waals surface area contributed by atoms with E-state index in [1.807, 2.05) is 0 Å². The third-order valence-electron chi connectivity index (χ3n) is 4.96. The van der Waals surface area contributed by atoms with Crippen LogP contribution in [0.15, 0.2) is 0 Å². The highest BCUT2D eigenvalue weighted by atomic mass is 16.1. The van der Waals surface area contributed by atoms with Crippen LogP contribution in [-0.2, 0) is 4.79 Å². The van der Waals surface area contributed by atoms with Crippen LogP contribution < -0.4 is 11.1 Å². The predicted molar refractivity (Wildman–Crippen MR) is 89.1 cm³/mol. The van der Waals surface area contributed by atoms with Crippen molar-refractivity contribution < 1.29 is 4.79 Å². The molecular formula is C17H35N3O. The Morgan fingerprint density at radius 1 is 1.29 bits per heavy atom. The molecule has 1 amide bonds. The third kappa shape index (κ3) is 7.28. The molecule has 1 aliphatic heterocycles. The molecule has 0 bridgehead atoms. The largest absolute Gasteiger partial charge is 0.356 e. The van der Waals surface area contributed by atoms with Gasteiger partial charge in [0.2, 0.25) is 5.91 Å². The molecule has 1 saturated heterocycles. The molecule has 4 nitrogen and oxygen atoms in total. The first-order valence-corrected chi connectivity index (χ1v) is 8.75. The number of hydrogen-bond donors (Lipinski definition) is 2. The summed E-state index contributed by atoms with van der Waals surface area (Å²) >= 11 is 0. The van der Waals surface area contributed by atoms with Crippen LogP contribution in [0, 0.1) is 17.8 Å². The molecule has 0 aromatic heterocycles. The lowest BCUT2D eigenvalue weighted by Crippen LogP contribution is -2.38. The Bertz CT molecular complexity index is 286. The molecule has 0 saturated carbocycles. The van der Waals surface area contributed by atoms with Gasteiger partial charge in [-0.05, 0) is 69.6 Å². The van der Waals surface area contributed by atoms with Crippen LogP contribution in [0.4, 0.5) is 0 Å². The number of likely N-dealkylation sites (tertiary alicyclic amines) is 1. The molecule has 0 aliphatic carbocycles. The number of carbonyl (C=O) groups is 1. The minimum atomic E-state index is 0.218. The summed E-state index contributed by atoms with van der Waals surface area (Å²) in [5.41, 5.74) is 5.65. The van der Waals surface area contributed by atoms with E-state index in [-0.39, 0.29) is 5.91 Å². The molecule has 0 aromatic rings. The summed E-state index contributed by atoms with van der Waals surface area (Å²) in [4.78, 5) is 14.5. The van der Waals surface area contributed by atoms with Gasteiger partial charge in [0, 0.05) is 13.0 Å². The SMILES string of the molecule is CCN1CCC(CNC(=O)CCC(CCN)C(C)C)CC1. The zero-order chi connectivity index (χ0) is 15.7. The van der Waals surface area contributed by atoms with E-state index in [9.17, 15) is 4.79 Å². The average molecular weight is 297 g/mol. The number of hydrogen-bond acceptors (Lipinski definition) is 3. The molecule has 1 rings (SSSR count). The topological polar surface area (TPSA) is 58.4 Å². The first kappa shape index (κ1) is 18.4. The summed E-state index contributed by atoms with van der Waals surface area (Å²) in [6.07, 6.45) is 5.08. The Morgan fingerprint density at radius 2 is 1.95 bits per heavy atom. The highest BCUT2D eigenvalue weighted by molar-refractivity contribution is 5.75. The lowest BCUT2D eigenvalue weighted by molar-refractivity contribution is -0.121. The van der Waals surface area contributed by atoms with Crippen LogP contribution in [0.5, 0.6) is 0 Å². The van der Waals surface area contributed by atoms with Gasteiger partial charge in [-0.25, -0.2) is 0 Å². The Hall–Kier alpha value is -0.610. The van der Waals surface area contributed by atoms with Gasteiger partial charge in [0.25, 0.3) is 0 Å². The van der Waals surface area contributed by atoms with Crippen molar-refractivity contribution in [3.05, 3.63) is 0 Å². The van der Waals surface area contributed by atoms with Gasteiger partial charge in [0.05, 0.1) is 0 Å². The quantitative estimate of drug-likeness (QED) is 0.686. The van der Waals surface area contributed by atoms with Crippen molar-refractivity contribution in [3.8, 4) is 0 Å². The minimum absolute atomic E-state index is 0.218. The Labute approximate surface area is 130 Å². The average Bonchev–Trinajstić information content (AvgIpc) is 2.49. The first-order valence-electron chi connectivity index (χ1n) is 8.75. The lowest BCUT2D eigenvalue weighted by atomic mass is 9.88. The highest BCUT2D eigenvalue weighted by Gasteiger charge is 2.19. The Kier molecular flexibility index (Phi) is 8.93. The second-order valence-corrected chi connectivity index (χ2v) is 6.80. The van der Waals surface area contributed by atoms with E-state index in [2.05, 4.69) is 31.0 Å². The number of nitrogens with two attached hydrogens (primary N) is 1. The van der Waals surface area contributed by atoms with Gasteiger partial charge in [-0.2, -0.15) is 0 Å². The van der Waals surface area contributed by atoms with Gasteiger partial charge >= 0.3 is 0 Å². The summed E-state index contributed by atoms with van der Waals surface area (Å²) in [5, 5.41) is 3.13. The number of nitrogens with zero attached hydrogens (tertiary/aromatic N) is 1. The molecule has 124 valence electrons. The van der Waals surface area contributed by atoms with E-state index >= 15 is 0 Å². The zero-order valence-corrected chi connectivity index (χ0v) is 14.2. The van der Waals surface area contributed by atoms with Crippen molar-refractivity contribution in [1.82, 2.24) is 10.2 Å². The van der Waals surface area contributed by atoms with Gasteiger partial charge in [-0.1, -0.05) is 20.8 Å². The van der Waals surface area contributed by atoms with Crippen LogP contribution >= 0.6 is 0 Å². The zero-order valence-electron chi connectivity index (χ0n) is 14.2. The van der Waals surface area contributed by atoms with E-state index in [0.717, 1.165) is 32.5 Å². The molecule has 4 heteroatoms. The Morgan fingerprint density at radius 3 is 2.48 bits per heavy atom. The van der Waals surface area contributed by atoms with Crippen molar-refractivity contribution in [3.63, 3.8) is 0 Å². The molecule has 0 spiro atoms. The van der Waals surface area contributed by atoms with E-state index < -0.39 is 0 Å². The Balaban J connectivity index is 2.16. The van der Waals surface area contributed by atoms with Crippen molar-refractivity contribution in [2.75, 3.05) is 32.7 Å². The number of piperidine rings is 1.